The van der Waals surface area contributed by atoms with Crippen LogP contribution in [0.2, 0.25) is 0 Å². The highest BCUT2D eigenvalue weighted by molar-refractivity contribution is 5.98. The molecule has 88 valence electrons. The van der Waals surface area contributed by atoms with Crippen molar-refractivity contribution in [2.75, 3.05) is 19.3 Å². The van der Waals surface area contributed by atoms with Crippen molar-refractivity contribution in [3.63, 3.8) is 0 Å². The molecule has 1 rings (SSSR count). The van der Waals surface area contributed by atoms with Crippen molar-refractivity contribution in [1.29, 1.82) is 0 Å². The molecule has 0 saturated carbocycles. The molecule has 0 saturated heterocycles. The third-order valence-corrected chi connectivity index (χ3v) is 2.06. The van der Waals surface area contributed by atoms with Gasteiger partial charge in [0.1, 0.15) is 0 Å². The third-order valence-electron chi connectivity index (χ3n) is 2.06. The Labute approximate surface area is 92.1 Å². The number of hydrogen-bond donors (Lipinski definition) is 1. The molecule has 0 aromatic carbocycles. The highest BCUT2D eigenvalue weighted by Crippen LogP contribution is 2.14. The molecule has 0 aliphatic heterocycles. The average molecular weight is 229 g/mol. The molecule has 1 amide bonds. The Hall–Kier alpha value is -1.72. The Kier molecular flexibility index (Phi) is 3.76. The van der Waals surface area contributed by atoms with Crippen molar-refractivity contribution in [2.24, 2.45) is 0 Å². The van der Waals surface area contributed by atoms with E-state index in [1.807, 2.05) is 0 Å². The number of carbonyl (C=O) groups is 1. The number of aryl methyl sites for hydroxylation is 1. The van der Waals surface area contributed by atoms with Crippen molar-refractivity contribution in [2.45, 2.75) is 13.3 Å². The predicted octanol–water partition coefficient (Wildman–Crippen LogP) is 1.31. The molecule has 2 N–H and O–H groups in total. The number of halogens is 2. The number of nitrogens with zero attached hydrogens (tertiary/aromatic N) is 2. The number of pyridine rings is 1. The van der Waals surface area contributed by atoms with Gasteiger partial charge in [0.05, 0.1) is 12.1 Å². The van der Waals surface area contributed by atoms with Crippen LogP contribution in [0.3, 0.4) is 0 Å². The lowest BCUT2D eigenvalue weighted by molar-refractivity contribution is 0.0621. The summed E-state index contributed by atoms with van der Waals surface area (Å²) >= 11 is 0. The lowest BCUT2D eigenvalue weighted by Crippen LogP contribution is -2.31. The first-order valence-corrected chi connectivity index (χ1v) is 4.67. The molecule has 0 radical (unpaired) electrons. The van der Waals surface area contributed by atoms with Crippen molar-refractivity contribution in [3.05, 3.63) is 23.5 Å². The summed E-state index contributed by atoms with van der Waals surface area (Å²) in [5.41, 5.74) is 6.68. The number of anilines is 1. The molecule has 4 nitrogen and oxygen atoms in total. The van der Waals surface area contributed by atoms with E-state index in [1.54, 1.807) is 6.92 Å². The van der Waals surface area contributed by atoms with Crippen LogP contribution >= 0.6 is 0 Å². The van der Waals surface area contributed by atoms with E-state index in [9.17, 15) is 13.6 Å². The lowest BCUT2D eigenvalue weighted by Gasteiger charge is -2.17. The number of aromatic nitrogens is 1. The minimum Gasteiger partial charge on any atom is -0.398 e. The average Bonchev–Trinajstić information content (AvgIpc) is 2.15. The molecule has 0 bridgehead atoms. The Morgan fingerprint density at radius 2 is 2.25 bits per heavy atom. The minimum atomic E-state index is -2.56. The number of hydrogen-bond acceptors (Lipinski definition) is 3. The van der Waals surface area contributed by atoms with Crippen molar-refractivity contribution in [1.82, 2.24) is 9.88 Å². The van der Waals surface area contributed by atoms with E-state index < -0.39 is 18.9 Å². The van der Waals surface area contributed by atoms with Crippen LogP contribution in [-0.2, 0) is 0 Å². The van der Waals surface area contributed by atoms with Crippen molar-refractivity contribution in [3.8, 4) is 0 Å². The number of nitrogens with two attached hydrogens (primary N) is 1. The van der Waals surface area contributed by atoms with E-state index in [0.29, 0.717) is 5.69 Å². The summed E-state index contributed by atoms with van der Waals surface area (Å²) in [6, 6.07) is 1.53. The Morgan fingerprint density at radius 3 is 2.75 bits per heavy atom. The topological polar surface area (TPSA) is 59.2 Å². The van der Waals surface area contributed by atoms with Gasteiger partial charge < -0.3 is 10.6 Å². The fourth-order valence-electron chi connectivity index (χ4n) is 1.26. The van der Waals surface area contributed by atoms with Crippen LogP contribution in [0, 0.1) is 6.92 Å². The van der Waals surface area contributed by atoms with Gasteiger partial charge in [0, 0.05) is 24.6 Å². The van der Waals surface area contributed by atoms with Crippen LogP contribution < -0.4 is 5.73 Å². The number of nitrogen functional groups attached to an aromatic ring is 1. The van der Waals surface area contributed by atoms with E-state index >= 15 is 0 Å². The second kappa shape index (κ2) is 4.87. The monoisotopic (exact) mass is 229 g/mol. The van der Waals surface area contributed by atoms with Crippen LogP contribution in [-0.4, -0.2) is 35.8 Å². The van der Waals surface area contributed by atoms with Gasteiger partial charge in [-0.15, -0.1) is 0 Å². The SMILES string of the molecule is Cc1cc(N)c(C(=O)N(C)CC(F)F)cn1. The highest BCUT2D eigenvalue weighted by atomic mass is 19.3. The van der Waals surface area contributed by atoms with Gasteiger partial charge in [-0.05, 0) is 13.0 Å². The van der Waals surface area contributed by atoms with Gasteiger partial charge in [-0.1, -0.05) is 0 Å². The molecule has 16 heavy (non-hydrogen) atoms. The molecule has 1 aromatic rings. The molecule has 0 spiro atoms. The molecular formula is C10H13F2N3O. The maximum Gasteiger partial charge on any atom is 0.257 e. The largest absolute Gasteiger partial charge is 0.398 e. The first-order valence-electron chi connectivity index (χ1n) is 4.67. The maximum atomic E-state index is 12.1. The summed E-state index contributed by atoms with van der Waals surface area (Å²) in [6.07, 6.45) is -1.26. The van der Waals surface area contributed by atoms with Gasteiger partial charge in [0.2, 0.25) is 0 Å². The number of alkyl halides is 2. The molecule has 0 aliphatic carbocycles. The second-order valence-electron chi connectivity index (χ2n) is 3.49. The quantitative estimate of drug-likeness (QED) is 0.850. The highest BCUT2D eigenvalue weighted by Gasteiger charge is 2.18. The molecule has 1 aromatic heterocycles. The zero-order valence-corrected chi connectivity index (χ0v) is 9.08. The molecule has 0 aliphatic rings. The van der Waals surface area contributed by atoms with Crippen LogP contribution in [0.25, 0.3) is 0 Å². The zero-order valence-electron chi connectivity index (χ0n) is 9.08. The third kappa shape index (κ3) is 2.88. The van der Waals surface area contributed by atoms with Crippen LogP contribution in [0.1, 0.15) is 16.1 Å². The normalized spacial score (nSPS) is 10.6. The van der Waals surface area contributed by atoms with Crippen LogP contribution in [0.5, 0.6) is 0 Å². The molecule has 0 fully saturated rings. The number of amides is 1. The lowest BCUT2D eigenvalue weighted by atomic mass is 10.2. The first kappa shape index (κ1) is 12.4. The summed E-state index contributed by atoms with van der Waals surface area (Å²) in [4.78, 5) is 16.5. The van der Waals surface area contributed by atoms with Gasteiger partial charge in [-0.2, -0.15) is 0 Å². The number of rotatable bonds is 3. The summed E-state index contributed by atoms with van der Waals surface area (Å²) in [5.74, 6) is -0.551. The molecular weight excluding hydrogens is 216 g/mol. The number of carbonyl (C=O) groups excluding carboxylic acids is 1. The zero-order chi connectivity index (χ0) is 12.3. The summed E-state index contributed by atoms with van der Waals surface area (Å²) in [7, 11) is 1.30. The van der Waals surface area contributed by atoms with Gasteiger partial charge >= 0.3 is 0 Å². The van der Waals surface area contributed by atoms with Gasteiger partial charge in [0.15, 0.2) is 0 Å². The van der Waals surface area contributed by atoms with Crippen LogP contribution in [0.4, 0.5) is 14.5 Å². The van der Waals surface area contributed by atoms with Gasteiger partial charge in [0.25, 0.3) is 12.3 Å². The molecule has 1 heterocycles. The summed E-state index contributed by atoms with van der Waals surface area (Å²) in [6.45, 7) is 1.11. The maximum absolute atomic E-state index is 12.1. The Balaban J connectivity index is 2.88. The van der Waals surface area contributed by atoms with Gasteiger partial charge in [-0.3, -0.25) is 9.78 Å². The second-order valence-corrected chi connectivity index (χ2v) is 3.49. The fraction of sp³-hybridized carbons (Fsp3) is 0.400. The van der Waals surface area contributed by atoms with Gasteiger partial charge in [-0.25, -0.2) is 8.78 Å². The summed E-state index contributed by atoms with van der Waals surface area (Å²) in [5, 5.41) is 0. The fourth-order valence-corrected chi connectivity index (χ4v) is 1.26. The van der Waals surface area contributed by atoms with Crippen molar-refractivity contribution < 1.29 is 13.6 Å². The molecule has 0 atom stereocenters. The summed E-state index contributed by atoms with van der Waals surface area (Å²) < 4.78 is 24.2. The van der Waals surface area contributed by atoms with E-state index in [4.69, 9.17) is 5.73 Å². The minimum absolute atomic E-state index is 0.147. The first-order chi connectivity index (χ1) is 7.41. The Bertz CT molecular complexity index is 396. The predicted molar refractivity (Wildman–Crippen MR) is 56.4 cm³/mol. The Morgan fingerprint density at radius 1 is 1.62 bits per heavy atom. The smallest absolute Gasteiger partial charge is 0.257 e. The molecule has 0 unspecified atom stereocenters. The van der Waals surface area contributed by atoms with E-state index in [-0.39, 0.29) is 11.3 Å². The van der Waals surface area contributed by atoms with E-state index in [1.165, 1.54) is 19.3 Å². The standard InChI is InChI=1S/C10H13F2N3O/c1-6-3-8(13)7(4-14-6)10(16)15(2)5-9(11)12/h3-4,9H,5H2,1-2H3,(H2,13,14). The van der Waals surface area contributed by atoms with E-state index in [2.05, 4.69) is 4.98 Å². The van der Waals surface area contributed by atoms with Crippen LogP contribution in [0.15, 0.2) is 12.3 Å². The van der Waals surface area contributed by atoms with E-state index in [0.717, 1.165) is 4.90 Å². The van der Waals surface area contributed by atoms with Crippen molar-refractivity contribution >= 4 is 11.6 Å². The molecule has 6 heteroatoms.